The lowest BCUT2D eigenvalue weighted by Crippen LogP contribution is -1.98. The average Bonchev–Trinajstić information content (AvgIpc) is 2.27. The molecule has 0 heterocycles. The van der Waals surface area contributed by atoms with Gasteiger partial charge in [0.2, 0.25) is 0 Å². The number of unbranched alkanes of at least 4 members (excludes halogenated alkanes) is 6. The van der Waals surface area contributed by atoms with Crippen molar-refractivity contribution in [1.82, 2.24) is 0 Å². The van der Waals surface area contributed by atoms with Crippen LogP contribution in [0, 0.1) is 0 Å². The fourth-order valence-electron chi connectivity index (χ4n) is 1.54. The minimum atomic E-state index is -5.41. The number of hydrogen-bond donors (Lipinski definition) is 4. The third-order valence-electron chi connectivity index (χ3n) is 2.42. The summed E-state index contributed by atoms with van der Waals surface area (Å²) in [7, 11) is -15.7. The van der Waals surface area contributed by atoms with Crippen LogP contribution in [0.1, 0.15) is 51.9 Å². The van der Waals surface area contributed by atoms with E-state index in [-0.39, 0.29) is 6.61 Å². The highest BCUT2D eigenvalue weighted by Gasteiger charge is 2.40. The number of phosphoric ester groups is 1. The van der Waals surface area contributed by atoms with Gasteiger partial charge in [-0.05, 0) is 6.42 Å². The largest absolute Gasteiger partial charge is 0.490 e. The fraction of sp³-hybridized carbons (Fsp3) is 1.00. The standard InChI is InChI=1S/C9H23O10P3/c1-2-3-4-5-6-7-8-9-17-21(13,14)19-22(15,16)18-20(10,11)12/h2-9H2,1H3,(H,13,14)(H,15,16)(H2,10,11,12). The SMILES string of the molecule is CCCCCCCCCOP(=O)(O)OP(=O)(O)OP(=O)(O)O. The van der Waals surface area contributed by atoms with E-state index in [4.69, 9.17) is 19.6 Å². The van der Waals surface area contributed by atoms with Gasteiger partial charge in [-0.1, -0.05) is 45.4 Å². The Morgan fingerprint density at radius 2 is 1.23 bits per heavy atom. The van der Waals surface area contributed by atoms with Gasteiger partial charge in [0.15, 0.2) is 0 Å². The van der Waals surface area contributed by atoms with Crippen molar-refractivity contribution in [2.75, 3.05) is 6.61 Å². The summed E-state index contributed by atoms with van der Waals surface area (Å²) in [6.07, 6.45) is 6.57. The van der Waals surface area contributed by atoms with Gasteiger partial charge in [0, 0.05) is 0 Å². The quantitative estimate of drug-likeness (QED) is 0.274. The molecule has 22 heavy (non-hydrogen) atoms. The van der Waals surface area contributed by atoms with Gasteiger partial charge in [-0.3, -0.25) is 4.52 Å². The topological polar surface area (TPSA) is 160 Å². The van der Waals surface area contributed by atoms with Crippen molar-refractivity contribution in [3.63, 3.8) is 0 Å². The summed E-state index contributed by atoms with van der Waals surface area (Å²) in [6, 6.07) is 0. The van der Waals surface area contributed by atoms with Crippen LogP contribution in [0.3, 0.4) is 0 Å². The second-order valence-electron chi connectivity index (χ2n) is 4.55. The van der Waals surface area contributed by atoms with Crippen molar-refractivity contribution < 1.29 is 46.4 Å². The Labute approximate surface area is 129 Å². The molecular formula is C9H23O10P3. The zero-order valence-corrected chi connectivity index (χ0v) is 14.9. The van der Waals surface area contributed by atoms with Crippen LogP contribution < -0.4 is 0 Å². The molecule has 10 nitrogen and oxygen atoms in total. The lowest BCUT2D eigenvalue weighted by molar-refractivity contribution is 0.170. The highest BCUT2D eigenvalue weighted by Crippen LogP contribution is 2.66. The molecule has 0 saturated carbocycles. The van der Waals surface area contributed by atoms with Crippen molar-refractivity contribution in [3.05, 3.63) is 0 Å². The molecule has 0 aliphatic rings. The van der Waals surface area contributed by atoms with Crippen LogP contribution in [0.2, 0.25) is 0 Å². The zero-order valence-electron chi connectivity index (χ0n) is 12.2. The summed E-state index contributed by atoms with van der Waals surface area (Å²) < 4.78 is 44.4. The lowest BCUT2D eigenvalue weighted by atomic mass is 10.1. The first-order valence-electron chi connectivity index (χ1n) is 6.76. The minimum Gasteiger partial charge on any atom is -0.302 e. The number of hydrogen-bond acceptors (Lipinski definition) is 6. The van der Waals surface area contributed by atoms with E-state index in [1.807, 2.05) is 0 Å². The highest BCUT2D eigenvalue weighted by atomic mass is 31.3. The summed E-state index contributed by atoms with van der Waals surface area (Å²) in [5.41, 5.74) is 0. The molecule has 0 saturated heterocycles. The van der Waals surface area contributed by atoms with Gasteiger partial charge in [-0.25, -0.2) is 13.7 Å². The van der Waals surface area contributed by atoms with E-state index in [1.54, 1.807) is 0 Å². The van der Waals surface area contributed by atoms with Gasteiger partial charge >= 0.3 is 23.5 Å². The van der Waals surface area contributed by atoms with Crippen LogP contribution in [0.5, 0.6) is 0 Å². The molecule has 134 valence electrons. The minimum absolute atomic E-state index is 0.197. The van der Waals surface area contributed by atoms with Crippen LogP contribution in [0.25, 0.3) is 0 Å². The predicted molar refractivity (Wildman–Crippen MR) is 77.8 cm³/mol. The van der Waals surface area contributed by atoms with E-state index in [1.165, 1.54) is 0 Å². The first kappa shape index (κ1) is 22.4. The molecule has 0 fully saturated rings. The van der Waals surface area contributed by atoms with Crippen LogP contribution in [0.4, 0.5) is 0 Å². The first-order valence-corrected chi connectivity index (χ1v) is 11.3. The molecule has 0 bridgehead atoms. The molecular weight excluding hydrogens is 361 g/mol. The van der Waals surface area contributed by atoms with E-state index in [0.29, 0.717) is 6.42 Å². The van der Waals surface area contributed by atoms with Crippen molar-refractivity contribution >= 4 is 23.5 Å². The molecule has 0 spiro atoms. The van der Waals surface area contributed by atoms with E-state index in [0.717, 1.165) is 38.5 Å². The van der Waals surface area contributed by atoms with Gasteiger partial charge in [-0.15, -0.1) is 0 Å². The van der Waals surface area contributed by atoms with Crippen LogP contribution >= 0.6 is 23.5 Å². The Bertz CT molecular complexity index is 447. The monoisotopic (exact) mass is 384 g/mol. The maximum atomic E-state index is 11.3. The highest BCUT2D eigenvalue weighted by molar-refractivity contribution is 7.66. The molecule has 0 radical (unpaired) electrons. The van der Waals surface area contributed by atoms with Gasteiger partial charge in [0.1, 0.15) is 0 Å². The molecule has 0 amide bonds. The maximum absolute atomic E-state index is 11.3. The Kier molecular flexibility index (Phi) is 10.5. The van der Waals surface area contributed by atoms with Crippen LogP contribution in [0.15, 0.2) is 0 Å². The third-order valence-corrected chi connectivity index (χ3v) is 6.25. The van der Waals surface area contributed by atoms with Gasteiger partial charge in [-0.2, -0.15) is 8.62 Å². The smallest absolute Gasteiger partial charge is 0.302 e. The molecule has 0 aliphatic heterocycles. The average molecular weight is 384 g/mol. The number of phosphoric acid groups is 3. The molecule has 0 aromatic rings. The Morgan fingerprint density at radius 3 is 1.73 bits per heavy atom. The van der Waals surface area contributed by atoms with E-state index < -0.39 is 23.5 Å². The molecule has 0 aromatic heterocycles. The van der Waals surface area contributed by atoms with Crippen molar-refractivity contribution in [1.29, 1.82) is 0 Å². The van der Waals surface area contributed by atoms with E-state index in [2.05, 4.69) is 20.1 Å². The second kappa shape index (κ2) is 10.3. The van der Waals surface area contributed by atoms with E-state index in [9.17, 15) is 13.7 Å². The normalized spacial score (nSPS) is 17.9. The third kappa shape index (κ3) is 14.0. The molecule has 0 aliphatic carbocycles. The Balaban J connectivity index is 3.98. The summed E-state index contributed by atoms with van der Waals surface area (Å²) >= 11 is 0. The maximum Gasteiger partial charge on any atom is 0.490 e. The molecule has 13 heteroatoms. The molecule has 2 atom stereocenters. The van der Waals surface area contributed by atoms with Gasteiger partial charge in [0.05, 0.1) is 6.61 Å². The summed E-state index contributed by atoms with van der Waals surface area (Å²) in [6.45, 7) is 1.90. The summed E-state index contributed by atoms with van der Waals surface area (Å²) in [5.74, 6) is 0. The predicted octanol–water partition coefficient (Wildman–Crippen LogP) is 3.08. The van der Waals surface area contributed by atoms with E-state index >= 15 is 0 Å². The van der Waals surface area contributed by atoms with Crippen molar-refractivity contribution in [3.8, 4) is 0 Å². The second-order valence-corrected chi connectivity index (χ2v) is 8.97. The molecule has 0 aromatic carbocycles. The molecule has 4 N–H and O–H groups in total. The zero-order chi connectivity index (χ0) is 17.3. The first-order chi connectivity index (χ1) is 9.97. The van der Waals surface area contributed by atoms with Gasteiger partial charge in [0.25, 0.3) is 0 Å². The van der Waals surface area contributed by atoms with Crippen molar-refractivity contribution in [2.45, 2.75) is 51.9 Å². The summed E-state index contributed by atoms with van der Waals surface area (Å²) in [5, 5.41) is 0. The van der Waals surface area contributed by atoms with Crippen LogP contribution in [-0.2, 0) is 26.8 Å². The Morgan fingerprint density at radius 1 is 0.727 bits per heavy atom. The lowest BCUT2D eigenvalue weighted by Gasteiger charge is -2.16. The van der Waals surface area contributed by atoms with Crippen LogP contribution in [-0.4, -0.2) is 26.2 Å². The Hall–Kier alpha value is 0.410. The fourth-order valence-corrected chi connectivity index (χ4v) is 4.60. The number of rotatable bonds is 13. The van der Waals surface area contributed by atoms with Gasteiger partial charge < -0.3 is 19.6 Å². The molecule has 2 unspecified atom stereocenters. The molecule has 0 rings (SSSR count). The summed E-state index contributed by atoms with van der Waals surface area (Å²) in [4.78, 5) is 34.8. The van der Waals surface area contributed by atoms with Crippen molar-refractivity contribution in [2.24, 2.45) is 0 Å².